The quantitative estimate of drug-likeness (QED) is 0.846. The molecule has 0 radical (unpaired) electrons. The predicted molar refractivity (Wildman–Crippen MR) is 78.4 cm³/mol. The summed E-state index contributed by atoms with van der Waals surface area (Å²) in [5.74, 6) is -0.639. The van der Waals surface area contributed by atoms with Gasteiger partial charge in [-0.1, -0.05) is 31.5 Å². The van der Waals surface area contributed by atoms with Crippen LogP contribution in [0, 0.1) is 11.7 Å². The largest absolute Gasteiger partial charge is 0.388 e. The van der Waals surface area contributed by atoms with Crippen molar-refractivity contribution in [2.24, 2.45) is 5.92 Å². The van der Waals surface area contributed by atoms with Crippen molar-refractivity contribution in [1.82, 2.24) is 5.32 Å². The molecular weight excluding hydrogens is 281 g/mol. The van der Waals surface area contributed by atoms with Crippen LogP contribution in [0.5, 0.6) is 0 Å². The Bertz CT molecular complexity index is 475. The fraction of sp³-hybridized carbons (Fsp3) is 0.533. The molecule has 0 heterocycles. The Morgan fingerprint density at radius 2 is 2.15 bits per heavy atom. The van der Waals surface area contributed by atoms with Crippen LogP contribution in [0.1, 0.15) is 44.0 Å². The smallest absolute Gasteiger partial charge is 0.253 e. The fourth-order valence-electron chi connectivity index (χ4n) is 1.73. The molecule has 112 valence electrons. The lowest BCUT2D eigenvalue weighted by molar-refractivity contribution is 0.0429. The highest BCUT2D eigenvalue weighted by Crippen LogP contribution is 2.20. The molecule has 1 unspecified atom stereocenters. The highest BCUT2D eigenvalue weighted by Gasteiger charge is 2.22. The van der Waals surface area contributed by atoms with Crippen molar-refractivity contribution in [2.75, 3.05) is 6.54 Å². The summed E-state index contributed by atoms with van der Waals surface area (Å²) in [7, 11) is 0. The van der Waals surface area contributed by atoms with Crippen LogP contribution in [-0.2, 0) is 0 Å². The van der Waals surface area contributed by atoms with Crippen molar-refractivity contribution in [2.45, 2.75) is 39.2 Å². The first-order chi connectivity index (χ1) is 9.23. The highest BCUT2D eigenvalue weighted by molar-refractivity contribution is 6.34. The van der Waals surface area contributed by atoms with Crippen LogP contribution in [-0.4, -0.2) is 23.2 Å². The number of rotatable bonds is 6. The molecule has 0 aliphatic rings. The first kappa shape index (κ1) is 16.9. The molecule has 5 heteroatoms. The molecular formula is C15H21ClFNO2. The van der Waals surface area contributed by atoms with E-state index in [1.807, 2.05) is 0 Å². The number of carbonyl (C=O) groups is 1. The van der Waals surface area contributed by atoms with E-state index in [2.05, 4.69) is 19.2 Å². The average molecular weight is 302 g/mol. The van der Waals surface area contributed by atoms with Crippen LogP contribution in [0.15, 0.2) is 18.2 Å². The minimum atomic E-state index is -0.986. The summed E-state index contributed by atoms with van der Waals surface area (Å²) < 4.78 is 13.3. The summed E-state index contributed by atoms with van der Waals surface area (Å²) in [4.78, 5) is 11.9. The number of hydrogen-bond donors (Lipinski definition) is 2. The first-order valence-electron chi connectivity index (χ1n) is 6.67. The third kappa shape index (κ3) is 5.10. The Morgan fingerprint density at radius 3 is 2.75 bits per heavy atom. The number of hydrogen-bond acceptors (Lipinski definition) is 2. The molecule has 1 aromatic rings. The molecule has 0 fully saturated rings. The first-order valence-corrected chi connectivity index (χ1v) is 7.05. The van der Waals surface area contributed by atoms with Crippen molar-refractivity contribution < 1.29 is 14.3 Å². The summed E-state index contributed by atoms with van der Waals surface area (Å²) in [6.07, 6.45) is 1.45. The molecule has 1 amide bonds. The lowest BCUT2D eigenvalue weighted by Gasteiger charge is -2.24. The van der Waals surface area contributed by atoms with Crippen molar-refractivity contribution in [3.05, 3.63) is 34.6 Å². The third-order valence-corrected chi connectivity index (χ3v) is 3.47. The van der Waals surface area contributed by atoms with Crippen LogP contribution in [0.25, 0.3) is 0 Å². The number of benzene rings is 1. The molecule has 1 atom stereocenters. The molecule has 1 rings (SSSR count). The van der Waals surface area contributed by atoms with E-state index in [4.69, 9.17) is 11.6 Å². The van der Waals surface area contributed by atoms with Crippen LogP contribution in [0.2, 0.25) is 5.02 Å². The Balaban J connectivity index is 2.61. The van der Waals surface area contributed by atoms with Gasteiger partial charge in [-0.05, 0) is 37.8 Å². The molecule has 1 aromatic carbocycles. The van der Waals surface area contributed by atoms with E-state index in [0.29, 0.717) is 12.3 Å². The minimum absolute atomic E-state index is 0.0753. The van der Waals surface area contributed by atoms with Gasteiger partial charge in [0.2, 0.25) is 0 Å². The molecule has 20 heavy (non-hydrogen) atoms. The summed E-state index contributed by atoms with van der Waals surface area (Å²) in [5.41, 5.74) is -0.911. The normalized spacial score (nSPS) is 14.2. The predicted octanol–water partition coefficient (Wildman–Crippen LogP) is 3.40. The molecule has 3 nitrogen and oxygen atoms in total. The Morgan fingerprint density at radius 1 is 1.50 bits per heavy atom. The number of aliphatic hydroxyl groups is 1. The van der Waals surface area contributed by atoms with Gasteiger partial charge in [0, 0.05) is 6.54 Å². The van der Waals surface area contributed by atoms with Gasteiger partial charge in [0.25, 0.3) is 5.91 Å². The van der Waals surface area contributed by atoms with Crippen molar-refractivity contribution in [3.8, 4) is 0 Å². The SMILES string of the molecule is CC(C)CCC(C)(O)CNC(=O)c1cccc(F)c1Cl. The maximum absolute atomic E-state index is 13.3. The second-order valence-corrected chi connectivity index (χ2v) is 6.09. The van der Waals surface area contributed by atoms with E-state index in [9.17, 15) is 14.3 Å². The summed E-state index contributed by atoms with van der Waals surface area (Å²) in [6.45, 7) is 5.91. The highest BCUT2D eigenvalue weighted by atomic mass is 35.5. The monoisotopic (exact) mass is 301 g/mol. The van der Waals surface area contributed by atoms with Gasteiger partial charge in [0.1, 0.15) is 5.82 Å². The van der Waals surface area contributed by atoms with E-state index in [1.165, 1.54) is 18.2 Å². The van der Waals surface area contributed by atoms with E-state index < -0.39 is 17.3 Å². The minimum Gasteiger partial charge on any atom is -0.388 e. The molecule has 0 aromatic heterocycles. The third-order valence-electron chi connectivity index (χ3n) is 3.09. The molecule has 0 saturated heterocycles. The van der Waals surface area contributed by atoms with Crippen molar-refractivity contribution >= 4 is 17.5 Å². The topological polar surface area (TPSA) is 49.3 Å². The van der Waals surface area contributed by atoms with Gasteiger partial charge in [-0.2, -0.15) is 0 Å². The van der Waals surface area contributed by atoms with Crippen molar-refractivity contribution in [3.63, 3.8) is 0 Å². The number of nitrogens with one attached hydrogen (secondary N) is 1. The molecule has 0 saturated carbocycles. The van der Waals surface area contributed by atoms with E-state index in [1.54, 1.807) is 6.92 Å². The van der Waals surface area contributed by atoms with Gasteiger partial charge < -0.3 is 10.4 Å². The molecule has 0 aliphatic heterocycles. The zero-order valence-corrected chi connectivity index (χ0v) is 12.8. The van der Waals surface area contributed by atoms with Crippen LogP contribution < -0.4 is 5.32 Å². The fourth-order valence-corrected chi connectivity index (χ4v) is 1.94. The molecule has 2 N–H and O–H groups in total. The van der Waals surface area contributed by atoms with Gasteiger partial charge >= 0.3 is 0 Å². The number of amides is 1. The van der Waals surface area contributed by atoms with Crippen LogP contribution in [0.4, 0.5) is 4.39 Å². The zero-order valence-electron chi connectivity index (χ0n) is 12.0. The van der Waals surface area contributed by atoms with Crippen LogP contribution >= 0.6 is 11.6 Å². The average Bonchev–Trinajstić information content (AvgIpc) is 2.37. The lowest BCUT2D eigenvalue weighted by Crippen LogP contribution is -2.40. The van der Waals surface area contributed by atoms with Gasteiger partial charge in [0.05, 0.1) is 16.2 Å². The van der Waals surface area contributed by atoms with Gasteiger partial charge in [-0.25, -0.2) is 4.39 Å². The maximum atomic E-state index is 13.3. The van der Waals surface area contributed by atoms with Gasteiger partial charge in [0.15, 0.2) is 0 Å². The van der Waals surface area contributed by atoms with E-state index in [-0.39, 0.29) is 17.1 Å². The van der Waals surface area contributed by atoms with E-state index >= 15 is 0 Å². The second kappa shape index (κ2) is 7.04. The Kier molecular flexibility index (Phi) is 5.96. The van der Waals surface area contributed by atoms with Gasteiger partial charge in [-0.15, -0.1) is 0 Å². The van der Waals surface area contributed by atoms with Gasteiger partial charge in [-0.3, -0.25) is 4.79 Å². The molecule has 0 aliphatic carbocycles. The molecule has 0 bridgehead atoms. The lowest BCUT2D eigenvalue weighted by atomic mass is 9.95. The van der Waals surface area contributed by atoms with Crippen LogP contribution in [0.3, 0.4) is 0 Å². The summed E-state index contributed by atoms with van der Waals surface area (Å²) in [5, 5.41) is 12.6. The second-order valence-electron chi connectivity index (χ2n) is 5.71. The molecule has 0 spiro atoms. The van der Waals surface area contributed by atoms with Crippen molar-refractivity contribution in [1.29, 1.82) is 0 Å². The number of halogens is 2. The Labute approximate surface area is 124 Å². The summed E-state index contributed by atoms with van der Waals surface area (Å²) >= 11 is 5.74. The summed E-state index contributed by atoms with van der Waals surface area (Å²) in [6, 6.07) is 4.06. The maximum Gasteiger partial charge on any atom is 0.253 e. The number of carbonyl (C=O) groups excluding carboxylic acids is 1. The zero-order chi connectivity index (χ0) is 15.3. The Hall–Kier alpha value is -1.13. The van der Waals surface area contributed by atoms with E-state index in [0.717, 1.165) is 6.42 Å². The standard InChI is InChI=1S/C15H21ClFNO2/c1-10(2)7-8-15(3,20)9-18-14(19)11-5-4-6-12(17)13(11)16/h4-6,10,20H,7-9H2,1-3H3,(H,18,19).